The molecule has 0 fully saturated rings. The first kappa shape index (κ1) is 15.5. The quantitative estimate of drug-likeness (QED) is 0.815. The fraction of sp³-hybridized carbons (Fsp3) is 0.0714. The molecule has 2 rings (SSSR count). The number of sulfone groups is 1. The molecule has 0 aliphatic heterocycles. The van der Waals surface area contributed by atoms with Crippen LogP contribution < -0.4 is 11.1 Å². The van der Waals surface area contributed by atoms with Crippen molar-refractivity contribution < 1.29 is 13.2 Å². The van der Waals surface area contributed by atoms with E-state index in [1.54, 1.807) is 18.2 Å². The van der Waals surface area contributed by atoms with Gasteiger partial charge in [-0.1, -0.05) is 6.07 Å². The Hall–Kier alpha value is -1.86. The number of anilines is 2. The van der Waals surface area contributed by atoms with Gasteiger partial charge in [-0.3, -0.25) is 4.79 Å². The highest BCUT2D eigenvalue weighted by Gasteiger charge is 2.12. The molecule has 110 valence electrons. The van der Waals surface area contributed by atoms with Gasteiger partial charge >= 0.3 is 0 Å². The van der Waals surface area contributed by atoms with Gasteiger partial charge in [0.1, 0.15) is 0 Å². The lowest BCUT2D eigenvalue weighted by Crippen LogP contribution is -2.13. The zero-order valence-electron chi connectivity index (χ0n) is 11.1. The number of amides is 1. The second-order valence-electron chi connectivity index (χ2n) is 4.46. The number of carbonyl (C=O) groups excluding carboxylic acids is 1. The van der Waals surface area contributed by atoms with E-state index in [9.17, 15) is 13.2 Å². The molecule has 5 nitrogen and oxygen atoms in total. The fourth-order valence-electron chi connectivity index (χ4n) is 1.71. The summed E-state index contributed by atoms with van der Waals surface area (Å²) in [6.45, 7) is 0. The van der Waals surface area contributed by atoms with Crippen molar-refractivity contribution in [1.29, 1.82) is 0 Å². The van der Waals surface area contributed by atoms with Gasteiger partial charge in [0.05, 0.1) is 14.9 Å². The van der Waals surface area contributed by atoms with Crippen LogP contribution in [0.4, 0.5) is 11.4 Å². The van der Waals surface area contributed by atoms with Crippen LogP contribution in [-0.4, -0.2) is 20.6 Å². The summed E-state index contributed by atoms with van der Waals surface area (Å²) in [6, 6.07) is 11.0. The number of hydrogen-bond donors (Lipinski definition) is 2. The van der Waals surface area contributed by atoms with E-state index in [0.717, 1.165) is 6.26 Å². The van der Waals surface area contributed by atoms with Crippen molar-refractivity contribution in [3.8, 4) is 0 Å². The Morgan fingerprint density at radius 2 is 1.76 bits per heavy atom. The molecule has 0 saturated heterocycles. The third-order valence-corrected chi connectivity index (χ3v) is 4.83. The highest BCUT2D eigenvalue weighted by atomic mass is 79.9. The van der Waals surface area contributed by atoms with E-state index in [2.05, 4.69) is 21.2 Å². The molecule has 0 heterocycles. The van der Waals surface area contributed by atoms with Crippen molar-refractivity contribution in [2.75, 3.05) is 17.3 Å². The van der Waals surface area contributed by atoms with Crippen LogP contribution in [0.25, 0.3) is 0 Å². The molecule has 0 unspecified atom stereocenters. The molecular formula is C14H13BrN2O3S. The van der Waals surface area contributed by atoms with Crippen molar-refractivity contribution in [2.24, 2.45) is 0 Å². The van der Waals surface area contributed by atoms with Crippen LogP contribution in [0.2, 0.25) is 0 Å². The van der Waals surface area contributed by atoms with Gasteiger partial charge < -0.3 is 11.1 Å². The topological polar surface area (TPSA) is 89.3 Å². The Bertz CT molecular complexity index is 786. The molecule has 2 aromatic rings. The minimum atomic E-state index is -3.25. The minimum absolute atomic E-state index is 0.200. The first-order valence-electron chi connectivity index (χ1n) is 5.94. The lowest BCUT2D eigenvalue weighted by molar-refractivity contribution is 0.102. The molecule has 3 N–H and O–H groups in total. The summed E-state index contributed by atoms with van der Waals surface area (Å²) >= 11 is 3.27. The number of benzene rings is 2. The largest absolute Gasteiger partial charge is 0.398 e. The zero-order valence-corrected chi connectivity index (χ0v) is 13.5. The van der Waals surface area contributed by atoms with Gasteiger partial charge in [0, 0.05) is 17.6 Å². The lowest BCUT2D eigenvalue weighted by atomic mass is 10.2. The summed E-state index contributed by atoms with van der Waals surface area (Å²) in [5.41, 5.74) is 7.10. The fourth-order valence-corrected chi connectivity index (χ4v) is 2.78. The van der Waals surface area contributed by atoms with Gasteiger partial charge in [-0.25, -0.2) is 8.42 Å². The Morgan fingerprint density at radius 1 is 1.14 bits per heavy atom. The standard InChI is InChI=1S/C14H13BrN2O3S/c1-21(19,20)10-7-5-9(6-8-10)17-14(18)11-3-2-4-12(16)13(11)15/h2-8H,16H2,1H3,(H,17,18). The number of nitrogens with one attached hydrogen (secondary N) is 1. The minimum Gasteiger partial charge on any atom is -0.398 e. The molecule has 21 heavy (non-hydrogen) atoms. The van der Waals surface area contributed by atoms with Crippen molar-refractivity contribution in [2.45, 2.75) is 4.90 Å². The Balaban J connectivity index is 2.22. The molecule has 7 heteroatoms. The lowest BCUT2D eigenvalue weighted by Gasteiger charge is -2.08. The summed E-state index contributed by atoms with van der Waals surface area (Å²) < 4.78 is 23.2. The second-order valence-corrected chi connectivity index (χ2v) is 7.27. The van der Waals surface area contributed by atoms with E-state index in [-0.39, 0.29) is 10.8 Å². The van der Waals surface area contributed by atoms with E-state index >= 15 is 0 Å². The molecule has 0 aromatic heterocycles. The average Bonchev–Trinajstić information content (AvgIpc) is 2.41. The van der Waals surface area contributed by atoms with E-state index < -0.39 is 9.84 Å². The van der Waals surface area contributed by atoms with E-state index in [4.69, 9.17) is 5.73 Å². The maximum absolute atomic E-state index is 12.2. The summed E-state index contributed by atoms with van der Waals surface area (Å²) in [4.78, 5) is 12.4. The Labute approximate surface area is 131 Å². The zero-order chi connectivity index (χ0) is 15.6. The molecule has 0 atom stereocenters. The van der Waals surface area contributed by atoms with Gasteiger partial charge in [-0.2, -0.15) is 0 Å². The van der Waals surface area contributed by atoms with Crippen LogP contribution in [0.15, 0.2) is 51.8 Å². The van der Waals surface area contributed by atoms with Crippen molar-refractivity contribution in [3.05, 3.63) is 52.5 Å². The van der Waals surface area contributed by atoms with Crippen molar-refractivity contribution >= 4 is 43.0 Å². The van der Waals surface area contributed by atoms with Crippen LogP contribution in [0, 0.1) is 0 Å². The number of hydrogen-bond acceptors (Lipinski definition) is 4. The summed E-state index contributed by atoms with van der Waals surface area (Å²) in [5, 5.41) is 2.69. The molecule has 0 bridgehead atoms. The van der Waals surface area contributed by atoms with Crippen LogP contribution in [0.1, 0.15) is 10.4 Å². The number of rotatable bonds is 3. The van der Waals surface area contributed by atoms with E-state index in [1.807, 2.05) is 0 Å². The third-order valence-electron chi connectivity index (χ3n) is 2.81. The van der Waals surface area contributed by atoms with Crippen LogP contribution in [-0.2, 0) is 9.84 Å². The monoisotopic (exact) mass is 368 g/mol. The number of nitrogens with two attached hydrogens (primary N) is 1. The molecule has 2 aromatic carbocycles. The highest BCUT2D eigenvalue weighted by Crippen LogP contribution is 2.24. The van der Waals surface area contributed by atoms with Gasteiger partial charge in [-0.05, 0) is 52.3 Å². The van der Waals surface area contributed by atoms with Crippen LogP contribution in [0.3, 0.4) is 0 Å². The molecule has 0 radical (unpaired) electrons. The number of nitrogen functional groups attached to an aromatic ring is 1. The van der Waals surface area contributed by atoms with Crippen LogP contribution in [0.5, 0.6) is 0 Å². The molecule has 1 amide bonds. The predicted molar refractivity (Wildman–Crippen MR) is 86.1 cm³/mol. The molecular weight excluding hydrogens is 356 g/mol. The van der Waals surface area contributed by atoms with E-state index in [1.165, 1.54) is 24.3 Å². The normalized spacial score (nSPS) is 11.1. The van der Waals surface area contributed by atoms with Gasteiger partial charge in [-0.15, -0.1) is 0 Å². The summed E-state index contributed by atoms with van der Waals surface area (Å²) in [6.07, 6.45) is 1.13. The highest BCUT2D eigenvalue weighted by molar-refractivity contribution is 9.10. The average molecular weight is 369 g/mol. The predicted octanol–water partition coefficient (Wildman–Crippen LogP) is 2.69. The molecule has 0 aliphatic rings. The summed E-state index contributed by atoms with van der Waals surface area (Å²) in [7, 11) is -3.25. The number of carbonyl (C=O) groups is 1. The van der Waals surface area contributed by atoms with Crippen molar-refractivity contribution in [3.63, 3.8) is 0 Å². The molecule has 0 saturated carbocycles. The number of halogens is 1. The smallest absolute Gasteiger partial charge is 0.256 e. The SMILES string of the molecule is CS(=O)(=O)c1ccc(NC(=O)c2cccc(N)c2Br)cc1. The molecule has 0 aliphatic carbocycles. The van der Waals surface area contributed by atoms with Gasteiger partial charge in [0.15, 0.2) is 9.84 Å². The Morgan fingerprint density at radius 3 is 2.33 bits per heavy atom. The third kappa shape index (κ3) is 3.62. The second kappa shape index (κ2) is 5.87. The Kier molecular flexibility index (Phi) is 4.34. The maximum atomic E-state index is 12.2. The van der Waals surface area contributed by atoms with Crippen LogP contribution >= 0.6 is 15.9 Å². The first-order chi connectivity index (χ1) is 9.79. The van der Waals surface area contributed by atoms with Gasteiger partial charge in [0.25, 0.3) is 5.91 Å². The molecule has 0 spiro atoms. The van der Waals surface area contributed by atoms with Crippen molar-refractivity contribution in [1.82, 2.24) is 0 Å². The first-order valence-corrected chi connectivity index (χ1v) is 8.63. The van der Waals surface area contributed by atoms with E-state index in [0.29, 0.717) is 21.4 Å². The maximum Gasteiger partial charge on any atom is 0.256 e. The van der Waals surface area contributed by atoms with Gasteiger partial charge in [0.2, 0.25) is 0 Å². The summed E-state index contributed by atoms with van der Waals surface area (Å²) in [5.74, 6) is -0.332.